The number of sulfonamides is 1. The molecule has 156 valence electrons. The molecular formula is C21H24Cl2N2O3S. The topological polar surface area (TPSA) is 66.5 Å². The lowest BCUT2D eigenvalue weighted by Crippen LogP contribution is -2.28. The maximum absolute atomic E-state index is 12.6. The molecule has 1 fully saturated rings. The van der Waals surface area contributed by atoms with E-state index < -0.39 is 10.0 Å². The second-order valence-electron chi connectivity index (χ2n) is 7.22. The number of hydrogen-bond donors (Lipinski definition) is 1. The van der Waals surface area contributed by atoms with E-state index in [2.05, 4.69) is 5.32 Å². The van der Waals surface area contributed by atoms with E-state index in [0.717, 1.165) is 24.0 Å². The molecule has 2 aromatic carbocycles. The van der Waals surface area contributed by atoms with Gasteiger partial charge in [-0.1, -0.05) is 41.4 Å². The lowest BCUT2D eigenvalue weighted by Gasteiger charge is -2.16. The average Bonchev–Trinajstić information content (AvgIpc) is 3.24. The SMILES string of the molecule is CC(NC(=O)CCc1ccc(S(=O)(=O)N2CCCC2)cc1)c1ccc(Cl)c(Cl)c1. The normalized spacial score (nSPS) is 16.0. The van der Waals surface area contributed by atoms with Crippen molar-refractivity contribution in [3.63, 3.8) is 0 Å². The minimum Gasteiger partial charge on any atom is -0.350 e. The van der Waals surface area contributed by atoms with E-state index >= 15 is 0 Å². The van der Waals surface area contributed by atoms with E-state index in [9.17, 15) is 13.2 Å². The van der Waals surface area contributed by atoms with Crippen molar-refractivity contribution >= 4 is 39.1 Å². The van der Waals surface area contributed by atoms with E-state index in [1.807, 2.05) is 13.0 Å². The maximum Gasteiger partial charge on any atom is 0.243 e. The molecule has 29 heavy (non-hydrogen) atoms. The average molecular weight is 455 g/mol. The first-order chi connectivity index (χ1) is 13.8. The van der Waals surface area contributed by atoms with Crippen molar-refractivity contribution < 1.29 is 13.2 Å². The van der Waals surface area contributed by atoms with Gasteiger partial charge in [0.05, 0.1) is 21.0 Å². The zero-order valence-corrected chi connectivity index (χ0v) is 18.5. The molecular weight excluding hydrogens is 431 g/mol. The third-order valence-electron chi connectivity index (χ3n) is 5.09. The number of carbonyl (C=O) groups excluding carboxylic acids is 1. The Balaban J connectivity index is 1.54. The molecule has 8 heteroatoms. The van der Waals surface area contributed by atoms with Gasteiger partial charge in [0, 0.05) is 19.5 Å². The first kappa shape index (κ1) is 22.1. The molecule has 1 atom stereocenters. The monoisotopic (exact) mass is 454 g/mol. The van der Waals surface area contributed by atoms with Gasteiger partial charge in [-0.25, -0.2) is 8.42 Å². The third kappa shape index (κ3) is 5.51. The number of aryl methyl sites for hydroxylation is 1. The number of amides is 1. The fraction of sp³-hybridized carbons (Fsp3) is 0.381. The van der Waals surface area contributed by atoms with Crippen molar-refractivity contribution in [2.45, 2.75) is 43.5 Å². The Hall–Kier alpha value is -1.60. The molecule has 0 aliphatic carbocycles. The van der Waals surface area contributed by atoms with E-state index in [4.69, 9.17) is 23.2 Å². The van der Waals surface area contributed by atoms with Gasteiger partial charge in [-0.2, -0.15) is 4.31 Å². The Bertz CT molecular complexity index is 972. The Morgan fingerprint density at radius 3 is 2.34 bits per heavy atom. The van der Waals surface area contributed by atoms with E-state index in [1.165, 1.54) is 4.31 Å². The Kier molecular flexibility index (Phi) is 7.22. The molecule has 2 aromatic rings. The van der Waals surface area contributed by atoms with Crippen molar-refractivity contribution in [1.82, 2.24) is 9.62 Å². The minimum absolute atomic E-state index is 0.0858. The summed E-state index contributed by atoms with van der Waals surface area (Å²) in [6.07, 6.45) is 2.66. The molecule has 1 N–H and O–H groups in total. The van der Waals surface area contributed by atoms with Crippen LogP contribution >= 0.6 is 23.2 Å². The molecule has 0 bridgehead atoms. The molecule has 1 aliphatic rings. The quantitative estimate of drug-likeness (QED) is 0.664. The third-order valence-corrected chi connectivity index (χ3v) is 7.74. The largest absolute Gasteiger partial charge is 0.350 e. The highest BCUT2D eigenvalue weighted by Gasteiger charge is 2.26. The Morgan fingerprint density at radius 2 is 1.72 bits per heavy atom. The molecule has 3 rings (SSSR count). The molecule has 1 amide bonds. The lowest BCUT2D eigenvalue weighted by molar-refractivity contribution is -0.121. The van der Waals surface area contributed by atoms with Crippen LogP contribution in [-0.4, -0.2) is 31.7 Å². The zero-order chi connectivity index (χ0) is 21.0. The second-order valence-corrected chi connectivity index (χ2v) is 9.97. The number of hydrogen-bond acceptors (Lipinski definition) is 3. The van der Waals surface area contributed by atoms with Gasteiger partial charge in [-0.3, -0.25) is 4.79 Å². The molecule has 0 saturated carbocycles. The van der Waals surface area contributed by atoms with Gasteiger partial charge < -0.3 is 5.32 Å². The number of carbonyl (C=O) groups is 1. The number of halogens is 2. The highest BCUT2D eigenvalue weighted by Crippen LogP contribution is 2.26. The van der Waals surface area contributed by atoms with Gasteiger partial charge in [-0.15, -0.1) is 0 Å². The van der Waals surface area contributed by atoms with Crippen LogP contribution in [0.4, 0.5) is 0 Å². The van der Waals surface area contributed by atoms with Crippen LogP contribution in [-0.2, 0) is 21.2 Å². The highest BCUT2D eigenvalue weighted by atomic mass is 35.5. The van der Waals surface area contributed by atoms with Gasteiger partial charge in [0.25, 0.3) is 0 Å². The van der Waals surface area contributed by atoms with E-state index in [-0.39, 0.29) is 11.9 Å². The van der Waals surface area contributed by atoms with Crippen LogP contribution in [0.15, 0.2) is 47.4 Å². The van der Waals surface area contributed by atoms with Crippen molar-refractivity contribution in [2.75, 3.05) is 13.1 Å². The predicted octanol–water partition coefficient (Wildman–Crippen LogP) is 4.59. The molecule has 1 saturated heterocycles. The predicted molar refractivity (Wildman–Crippen MR) is 116 cm³/mol. The van der Waals surface area contributed by atoms with Gasteiger partial charge >= 0.3 is 0 Å². The molecule has 0 radical (unpaired) electrons. The van der Waals surface area contributed by atoms with Gasteiger partial charge in [0.15, 0.2) is 0 Å². The summed E-state index contributed by atoms with van der Waals surface area (Å²) in [6, 6.07) is 11.9. The van der Waals surface area contributed by atoms with Crippen LogP contribution in [0.5, 0.6) is 0 Å². The van der Waals surface area contributed by atoms with Crippen LogP contribution in [0.3, 0.4) is 0 Å². The number of rotatable bonds is 7. The first-order valence-electron chi connectivity index (χ1n) is 9.61. The van der Waals surface area contributed by atoms with Crippen molar-refractivity contribution in [1.29, 1.82) is 0 Å². The molecule has 1 unspecified atom stereocenters. The molecule has 5 nitrogen and oxygen atoms in total. The smallest absolute Gasteiger partial charge is 0.243 e. The second kappa shape index (κ2) is 9.47. The van der Waals surface area contributed by atoms with Crippen LogP contribution in [0.25, 0.3) is 0 Å². The van der Waals surface area contributed by atoms with Gasteiger partial charge in [0.2, 0.25) is 15.9 Å². The summed E-state index contributed by atoms with van der Waals surface area (Å²) in [6.45, 7) is 3.05. The van der Waals surface area contributed by atoms with Crippen molar-refractivity contribution in [3.05, 3.63) is 63.6 Å². The zero-order valence-electron chi connectivity index (χ0n) is 16.2. The lowest BCUT2D eigenvalue weighted by atomic mass is 10.1. The van der Waals surface area contributed by atoms with Crippen LogP contribution < -0.4 is 5.32 Å². The van der Waals surface area contributed by atoms with Crippen LogP contribution in [0.2, 0.25) is 10.0 Å². The Labute approximate surface area is 182 Å². The molecule has 0 spiro atoms. The Morgan fingerprint density at radius 1 is 1.07 bits per heavy atom. The summed E-state index contributed by atoms with van der Waals surface area (Å²) < 4.78 is 26.6. The number of nitrogens with zero attached hydrogens (tertiary/aromatic N) is 1. The van der Waals surface area contributed by atoms with Crippen LogP contribution in [0, 0.1) is 0 Å². The summed E-state index contributed by atoms with van der Waals surface area (Å²) in [5, 5.41) is 3.87. The standard InChI is InChI=1S/C21H24Cl2N2O3S/c1-15(17-7-10-19(22)20(23)14-17)24-21(26)11-6-16-4-8-18(9-5-16)29(27,28)25-12-2-3-13-25/h4-5,7-10,14-15H,2-3,6,11-13H2,1H3,(H,24,26). The minimum atomic E-state index is -3.41. The van der Waals surface area contributed by atoms with E-state index in [1.54, 1.807) is 36.4 Å². The fourth-order valence-corrected chi connectivity index (χ4v) is 5.17. The number of benzene rings is 2. The van der Waals surface area contributed by atoms with Crippen LogP contribution in [0.1, 0.15) is 43.4 Å². The fourth-order valence-electron chi connectivity index (χ4n) is 3.34. The number of nitrogens with one attached hydrogen (secondary N) is 1. The summed E-state index contributed by atoms with van der Waals surface area (Å²) in [4.78, 5) is 12.6. The van der Waals surface area contributed by atoms with Crippen molar-refractivity contribution in [2.24, 2.45) is 0 Å². The van der Waals surface area contributed by atoms with E-state index in [0.29, 0.717) is 40.9 Å². The summed E-state index contributed by atoms with van der Waals surface area (Å²) >= 11 is 12.0. The molecule has 1 aliphatic heterocycles. The van der Waals surface area contributed by atoms with Gasteiger partial charge in [0.1, 0.15) is 0 Å². The first-order valence-corrected chi connectivity index (χ1v) is 11.8. The van der Waals surface area contributed by atoms with Crippen molar-refractivity contribution in [3.8, 4) is 0 Å². The maximum atomic E-state index is 12.6. The summed E-state index contributed by atoms with van der Waals surface area (Å²) in [5.74, 6) is -0.0858. The highest BCUT2D eigenvalue weighted by molar-refractivity contribution is 7.89. The van der Waals surface area contributed by atoms with Gasteiger partial charge in [-0.05, 0) is 61.6 Å². The summed E-state index contributed by atoms with van der Waals surface area (Å²) in [5.41, 5.74) is 1.80. The molecule has 1 heterocycles. The molecule has 0 aromatic heterocycles. The summed E-state index contributed by atoms with van der Waals surface area (Å²) in [7, 11) is -3.41.